The van der Waals surface area contributed by atoms with Crippen molar-refractivity contribution in [2.45, 2.75) is 39.2 Å². The van der Waals surface area contributed by atoms with E-state index < -0.39 is 0 Å². The van der Waals surface area contributed by atoms with Crippen molar-refractivity contribution >= 4 is 29.9 Å². The maximum absolute atomic E-state index is 6.00. The van der Waals surface area contributed by atoms with Gasteiger partial charge in [-0.25, -0.2) is 0 Å². The maximum Gasteiger partial charge on any atom is 0.188 e. The lowest BCUT2D eigenvalue weighted by Crippen LogP contribution is -2.39. The molecule has 2 heterocycles. The van der Waals surface area contributed by atoms with Crippen LogP contribution in [0.25, 0.3) is 0 Å². The lowest BCUT2D eigenvalue weighted by Gasteiger charge is -2.26. The SMILES string of the molecule is CC(C)CN1CCC[C@@H]1CN=C(N)NCCCN1CCOCC1.I. The van der Waals surface area contributed by atoms with E-state index in [1.165, 1.54) is 25.9 Å². The van der Waals surface area contributed by atoms with Crippen molar-refractivity contribution in [2.24, 2.45) is 16.6 Å². The van der Waals surface area contributed by atoms with Crippen LogP contribution in [0.2, 0.25) is 0 Å². The van der Waals surface area contributed by atoms with Gasteiger partial charge in [0.2, 0.25) is 0 Å². The van der Waals surface area contributed by atoms with Crippen LogP contribution in [-0.4, -0.2) is 80.8 Å². The Morgan fingerprint density at radius 1 is 1.29 bits per heavy atom. The Hall–Kier alpha value is -0.120. The monoisotopic (exact) mass is 453 g/mol. The van der Waals surface area contributed by atoms with Crippen LogP contribution in [0.4, 0.5) is 0 Å². The summed E-state index contributed by atoms with van der Waals surface area (Å²) in [7, 11) is 0. The number of rotatable bonds is 8. The summed E-state index contributed by atoms with van der Waals surface area (Å²) in [5, 5.41) is 3.25. The van der Waals surface area contributed by atoms with Gasteiger partial charge in [0.1, 0.15) is 0 Å². The fourth-order valence-corrected chi connectivity index (χ4v) is 3.41. The van der Waals surface area contributed by atoms with Crippen LogP contribution in [-0.2, 0) is 4.74 Å². The fraction of sp³-hybridized carbons (Fsp3) is 0.941. The molecule has 24 heavy (non-hydrogen) atoms. The third-order valence-corrected chi connectivity index (χ3v) is 4.63. The summed E-state index contributed by atoms with van der Waals surface area (Å²) in [5.74, 6) is 1.32. The van der Waals surface area contributed by atoms with E-state index in [2.05, 4.69) is 34.0 Å². The predicted molar refractivity (Wildman–Crippen MR) is 111 cm³/mol. The quantitative estimate of drug-likeness (QED) is 0.252. The minimum atomic E-state index is 0. The van der Waals surface area contributed by atoms with E-state index in [0.717, 1.165) is 58.3 Å². The molecule has 0 unspecified atom stereocenters. The molecule has 0 radical (unpaired) electrons. The minimum Gasteiger partial charge on any atom is -0.379 e. The minimum absolute atomic E-state index is 0. The number of hydrogen-bond acceptors (Lipinski definition) is 4. The van der Waals surface area contributed by atoms with Crippen molar-refractivity contribution in [1.29, 1.82) is 0 Å². The Balaban J connectivity index is 0.00000288. The Morgan fingerprint density at radius 2 is 2.04 bits per heavy atom. The highest BCUT2D eigenvalue weighted by Gasteiger charge is 2.24. The molecule has 6 nitrogen and oxygen atoms in total. The van der Waals surface area contributed by atoms with Crippen LogP contribution in [0.3, 0.4) is 0 Å². The number of halogens is 1. The number of ether oxygens (including phenoxy) is 1. The van der Waals surface area contributed by atoms with Crippen molar-refractivity contribution in [3.8, 4) is 0 Å². The van der Waals surface area contributed by atoms with Crippen LogP contribution in [0.1, 0.15) is 33.1 Å². The van der Waals surface area contributed by atoms with Gasteiger partial charge in [-0.3, -0.25) is 14.8 Å². The summed E-state index contributed by atoms with van der Waals surface area (Å²) in [5.41, 5.74) is 6.00. The zero-order valence-corrected chi connectivity index (χ0v) is 17.7. The summed E-state index contributed by atoms with van der Waals surface area (Å²) in [6.07, 6.45) is 3.64. The van der Waals surface area contributed by atoms with E-state index in [0.29, 0.717) is 12.0 Å². The normalized spacial score (nSPS) is 23.5. The highest BCUT2D eigenvalue weighted by Crippen LogP contribution is 2.18. The molecule has 3 N–H and O–H groups in total. The van der Waals surface area contributed by atoms with Gasteiger partial charge in [-0.2, -0.15) is 0 Å². The number of guanidine groups is 1. The van der Waals surface area contributed by atoms with Gasteiger partial charge in [0.05, 0.1) is 19.8 Å². The number of nitrogens with one attached hydrogen (secondary N) is 1. The molecule has 0 aromatic carbocycles. The average molecular weight is 453 g/mol. The molecule has 0 spiro atoms. The zero-order chi connectivity index (χ0) is 16.5. The number of morpholine rings is 1. The molecule has 0 saturated carbocycles. The second-order valence-electron chi connectivity index (χ2n) is 7.15. The molecule has 0 aliphatic carbocycles. The standard InChI is InChI=1S/C17H35N5O.HI/c1-15(2)14-22-8-3-5-16(22)13-20-17(18)19-6-4-7-21-9-11-23-12-10-21;/h15-16H,3-14H2,1-2H3,(H3,18,19,20);1H/t16-;/m1./s1. The average Bonchev–Trinajstić information content (AvgIpc) is 2.97. The van der Waals surface area contributed by atoms with Crippen LogP contribution in [0.15, 0.2) is 4.99 Å². The third kappa shape index (κ3) is 8.31. The van der Waals surface area contributed by atoms with Crippen LogP contribution < -0.4 is 11.1 Å². The molecule has 0 aromatic heterocycles. The summed E-state index contributed by atoms with van der Waals surface area (Å²) in [6, 6.07) is 0.575. The Bertz CT molecular complexity index is 361. The second kappa shape index (κ2) is 12.3. The summed E-state index contributed by atoms with van der Waals surface area (Å²) >= 11 is 0. The van der Waals surface area contributed by atoms with E-state index in [1.807, 2.05) is 0 Å². The number of likely N-dealkylation sites (tertiary alicyclic amines) is 1. The molecular formula is C17H36IN5O. The van der Waals surface area contributed by atoms with Crippen molar-refractivity contribution in [2.75, 3.05) is 59.0 Å². The molecule has 2 rings (SSSR count). The van der Waals surface area contributed by atoms with Crippen molar-refractivity contribution in [3.05, 3.63) is 0 Å². The first kappa shape index (κ1) is 21.9. The lowest BCUT2D eigenvalue weighted by atomic mass is 10.2. The molecule has 2 saturated heterocycles. The molecular weight excluding hydrogens is 417 g/mol. The van der Waals surface area contributed by atoms with Crippen LogP contribution in [0, 0.1) is 5.92 Å². The maximum atomic E-state index is 6.00. The van der Waals surface area contributed by atoms with Crippen molar-refractivity contribution < 1.29 is 4.74 Å². The molecule has 2 aliphatic rings. The number of nitrogens with two attached hydrogens (primary N) is 1. The van der Waals surface area contributed by atoms with Gasteiger partial charge in [0, 0.05) is 32.2 Å². The lowest BCUT2D eigenvalue weighted by molar-refractivity contribution is 0.0376. The van der Waals surface area contributed by atoms with E-state index in [9.17, 15) is 0 Å². The van der Waals surface area contributed by atoms with Crippen molar-refractivity contribution in [1.82, 2.24) is 15.1 Å². The first-order valence-electron chi connectivity index (χ1n) is 9.23. The van der Waals surface area contributed by atoms with E-state index in [-0.39, 0.29) is 24.0 Å². The molecule has 0 aromatic rings. The summed E-state index contributed by atoms with van der Waals surface area (Å²) in [4.78, 5) is 9.57. The second-order valence-corrected chi connectivity index (χ2v) is 7.15. The van der Waals surface area contributed by atoms with E-state index >= 15 is 0 Å². The highest BCUT2D eigenvalue weighted by molar-refractivity contribution is 14.0. The Labute approximate surface area is 164 Å². The fourth-order valence-electron chi connectivity index (χ4n) is 3.41. The van der Waals surface area contributed by atoms with Crippen LogP contribution in [0.5, 0.6) is 0 Å². The number of aliphatic imine (C=N–C) groups is 1. The van der Waals surface area contributed by atoms with E-state index in [1.54, 1.807) is 0 Å². The van der Waals surface area contributed by atoms with Crippen molar-refractivity contribution in [3.63, 3.8) is 0 Å². The number of nitrogens with zero attached hydrogens (tertiary/aromatic N) is 3. The Kier molecular flexibility index (Phi) is 11.2. The smallest absolute Gasteiger partial charge is 0.188 e. The van der Waals surface area contributed by atoms with Crippen LogP contribution >= 0.6 is 24.0 Å². The van der Waals surface area contributed by atoms with Gasteiger partial charge in [-0.15, -0.1) is 24.0 Å². The zero-order valence-electron chi connectivity index (χ0n) is 15.4. The van der Waals surface area contributed by atoms with E-state index in [4.69, 9.17) is 10.5 Å². The van der Waals surface area contributed by atoms with Gasteiger partial charge in [-0.1, -0.05) is 13.8 Å². The molecule has 0 amide bonds. The van der Waals surface area contributed by atoms with Gasteiger partial charge >= 0.3 is 0 Å². The molecule has 1 atom stereocenters. The highest BCUT2D eigenvalue weighted by atomic mass is 127. The topological polar surface area (TPSA) is 66.1 Å². The number of hydrogen-bond donors (Lipinski definition) is 2. The Morgan fingerprint density at radius 3 is 2.75 bits per heavy atom. The first-order valence-corrected chi connectivity index (χ1v) is 9.23. The molecule has 2 fully saturated rings. The third-order valence-electron chi connectivity index (χ3n) is 4.63. The molecule has 2 aliphatic heterocycles. The first-order chi connectivity index (χ1) is 11.1. The largest absolute Gasteiger partial charge is 0.379 e. The molecule has 0 bridgehead atoms. The van der Waals surface area contributed by atoms with Gasteiger partial charge in [0.25, 0.3) is 0 Å². The van der Waals surface area contributed by atoms with Gasteiger partial charge < -0.3 is 15.8 Å². The van der Waals surface area contributed by atoms with Gasteiger partial charge in [0.15, 0.2) is 5.96 Å². The molecule has 7 heteroatoms. The summed E-state index contributed by atoms with van der Waals surface area (Å²) in [6.45, 7) is 13.6. The predicted octanol–water partition coefficient (Wildman–Crippen LogP) is 1.35. The molecule has 142 valence electrons. The van der Waals surface area contributed by atoms with Gasteiger partial charge in [-0.05, 0) is 38.3 Å². The summed E-state index contributed by atoms with van der Waals surface area (Å²) < 4.78 is 5.36.